The highest BCUT2D eigenvalue weighted by atomic mass is 35.5. The fourth-order valence-electron chi connectivity index (χ4n) is 1.85. The van der Waals surface area contributed by atoms with Crippen molar-refractivity contribution in [3.8, 4) is 5.75 Å². The van der Waals surface area contributed by atoms with E-state index in [2.05, 4.69) is 10.6 Å². The van der Waals surface area contributed by atoms with Crippen LogP contribution in [0.25, 0.3) is 0 Å². The molecular formula is C17H15Cl2FN2O3. The van der Waals surface area contributed by atoms with Gasteiger partial charge in [-0.05, 0) is 30.3 Å². The van der Waals surface area contributed by atoms with Crippen LogP contribution in [0.4, 0.5) is 15.8 Å². The molecule has 0 radical (unpaired) electrons. The Bertz CT molecular complexity index is 799. The van der Waals surface area contributed by atoms with Gasteiger partial charge in [0.25, 0.3) is 5.91 Å². The Morgan fingerprint density at radius 1 is 1.04 bits per heavy atom. The van der Waals surface area contributed by atoms with Gasteiger partial charge in [0.05, 0.1) is 15.7 Å². The molecule has 0 bridgehead atoms. The number of carbonyl (C=O) groups is 2. The van der Waals surface area contributed by atoms with E-state index in [1.54, 1.807) is 25.1 Å². The fraction of sp³-hybridized carbons (Fsp3) is 0.176. The van der Waals surface area contributed by atoms with Crippen LogP contribution in [0.15, 0.2) is 36.4 Å². The van der Waals surface area contributed by atoms with Crippen molar-refractivity contribution in [3.05, 3.63) is 52.3 Å². The summed E-state index contributed by atoms with van der Waals surface area (Å²) in [6.07, 6.45) is 0.332. The van der Waals surface area contributed by atoms with Crippen LogP contribution < -0.4 is 15.4 Å². The molecule has 0 fully saturated rings. The molecule has 0 aliphatic rings. The Balaban J connectivity index is 1.98. The molecule has 0 aliphatic heterocycles. The zero-order chi connectivity index (χ0) is 18.4. The van der Waals surface area contributed by atoms with E-state index in [1.807, 2.05) is 0 Å². The number of amides is 2. The van der Waals surface area contributed by atoms with Crippen LogP contribution in [0.3, 0.4) is 0 Å². The number of anilines is 2. The Morgan fingerprint density at radius 2 is 1.80 bits per heavy atom. The van der Waals surface area contributed by atoms with Crippen molar-refractivity contribution in [2.45, 2.75) is 13.3 Å². The van der Waals surface area contributed by atoms with E-state index >= 15 is 0 Å². The van der Waals surface area contributed by atoms with Crippen molar-refractivity contribution in [2.24, 2.45) is 0 Å². The van der Waals surface area contributed by atoms with Gasteiger partial charge in [0.2, 0.25) is 5.91 Å². The first-order valence-corrected chi connectivity index (χ1v) is 8.11. The van der Waals surface area contributed by atoms with Gasteiger partial charge in [-0.25, -0.2) is 4.39 Å². The molecule has 8 heteroatoms. The topological polar surface area (TPSA) is 67.4 Å². The van der Waals surface area contributed by atoms with Crippen molar-refractivity contribution in [3.63, 3.8) is 0 Å². The lowest BCUT2D eigenvalue weighted by atomic mass is 10.2. The Labute approximate surface area is 154 Å². The number of nitrogens with one attached hydrogen (secondary N) is 2. The van der Waals surface area contributed by atoms with Gasteiger partial charge < -0.3 is 15.4 Å². The molecule has 0 saturated carbocycles. The molecule has 2 N–H and O–H groups in total. The lowest BCUT2D eigenvalue weighted by Crippen LogP contribution is -2.20. The van der Waals surface area contributed by atoms with Gasteiger partial charge in [-0.2, -0.15) is 0 Å². The summed E-state index contributed by atoms with van der Waals surface area (Å²) in [5.41, 5.74) is 0.846. The Hall–Kier alpha value is -2.31. The number of rotatable bonds is 6. The number of benzene rings is 2. The monoisotopic (exact) mass is 384 g/mol. The third kappa shape index (κ3) is 5.62. The van der Waals surface area contributed by atoms with E-state index in [1.165, 1.54) is 12.1 Å². The second-order valence-electron chi connectivity index (χ2n) is 5.01. The lowest BCUT2D eigenvalue weighted by Gasteiger charge is -2.11. The lowest BCUT2D eigenvalue weighted by molar-refractivity contribution is -0.118. The molecule has 2 amide bonds. The van der Waals surface area contributed by atoms with E-state index in [4.69, 9.17) is 27.9 Å². The van der Waals surface area contributed by atoms with Crippen molar-refractivity contribution in [1.29, 1.82) is 0 Å². The second-order valence-corrected chi connectivity index (χ2v) is 5.82. The van der Waals surface area contributed by atoms with Crippen LogP contribution in [-0.2, 0) is 9.59 Å². The quantitative estimate of drug-likeness (QED) is 0.770. The molecule has 0 aliphatic carbocycles. The number of hydrogen-bond donors (Lipinski definition) is 2. The summed E-state index contributed by atoms with van der Waals surface area (Å²) >= 11 is 11.7. The van der Waals surface area contributed by atoms with Gasteiger partial charge >= 0.3 is 0 Å². The van der Waals surface area contributed by atoms with Crippen LogP contribution in [0.5, 0.6) is 5.75 Å². The van der Waals surface area contributed by atoms with Crippen molar-refractivity contribution >= 4 is 46.4 Å². The first-order chi connectivity index (χ1) is 11.9. The molecule has 5 nitrogen and oxygen atoms in total. The molecule has 0 unspecified atom stereocenters. The molecule has 0 heterocycles. The SMILES string of the molecule is CCC(=O)Nc1ccc(Cl)c(NC(=O)COc2ccc(F)c(Cl)c2)c1. The van der Waals surface area contributed by atoms with Crippen molar-refractivity contribution in [1.82, 2.24) is 0 Å². The average Bonchev–Trinajstić information content (AvgIpc) is 2.58. The van der Waals surface area contributed by atoms with Gasteiger partial charge in [-0.15, -0.1) is 0 Å². The maximum Gasteiger partial charge on any atom is 0.262 e. The van der Waals surface area contributed by atoms with Gasteiger partial charge in [-0.1, -0.05) is 30.1 Å². The van der Waals surface area contributed by atoms with E-state index in [0.717, 1.165) is 6.07 Å². The highest BCUT2D eigenvalue weighted by Gasteiger charge is 2.10. The van der Waals surface area contributed by atoms with Crippen molar-refractivity contribution in [2.75, 3.05) is 17.2 Å². The molecule has 2 aromatic rings. The third-order valence-electron chi connectivity index (χ3n) is 3.11. The summed E-state index contributed by atoms with van der Waals surface area (Å²) < 4.78 is 18.3. The predicted octanol–water partition coefficient (Wildman–Crippen LogP) is 4.50. The molecule has 0 saturated heterocycles. The van der Waals surface area contributed by atoms with Crippen molar-refractivity contribution < 1.29 is 18.7 Å². The van der Waals surface area contributed by atoms with E-state index in [-0.39, 0.29) is 23.3 Å². The third-order valence-corrected chi connectivity index (χ3v) is 3.73. The maximum atomic E-state index is 13.1. The van der Waals surface area contributed by atoms with Crippen LogP contribution in [-0.4, -0.2) is 18.4 Å². The number of hydrogen-bond acceptors (Lipinski definition) is 3. The van der Waals surface area contributed by atoms with E-state index in [9.17, 15) is 14.0 Å². The largest absolute Gasteiger partial charge is 0.484 e. The standard InChI is InChI=1S/C17H15Cl2FN2O3/c1-2-16(23)21-10-3-5-12(18)15(7-10)22-17(24)9-25-11-4-6-14(20)13(19)8-11/h3-8H,2,9H2,1H3,(H,21,23)(H,22,24). The molecule has 0 aromatic heterocycles. The Kier molecular flexibility index (Phi) is 6.61. The molecule has 0 atom stereocenters. The Morgan fingerprint density at radius 3 is 2.48 bits per heavy atom. The van der Waals surface area contributed by atoms with Gasteiger partial charge in [-0.3, -0.25) is 9.59 Å². The second kappa shape index (κ2) is 8.69. The van der Waals surface area contributed by atoms with E-state index < -0.39 is 11.7 Å². The molecule has 0 spiro atoms. The summed E-state index contributed by atoms with van der Waals surface area (Å²) in [5.74, 6) is -0.940. The number of carbonyl (C=O) groups excluding carboxylic acids is 2. The number of ether oxygens (including phenoxy) is 1. The first-order valence-electron chi connectivity index (χ1n) is 7.36. The normalized spacial score (nSPS) is 10.2. The zero-order valence-electron chi connectivity index (χ0n) is 13.2. The summed E-state index contributed by atoms with van der Waals surface area (Å²) in [6, 6.07) is 8.51. The highest BCUT2D eigenvalue weighted by molar-refractivity contribution is 6.34. The zero-order valence-corrected chi connectivity index (χ0v) is 14.7. The summed E-state index contributed by atoms with van der Waals surface area (Å²) in [4.78, 5) is 23.4. The van der Waals surface area contributed by atoms with Crippen LogP contribution in [0.2, 0.25) is 10.0 Å². The maximum absolute atomic E-state index is 13.1. The van der Waals surface area contributed by atoms with Crippen LogP contribution >= 0.6 is 23.2 Å². The molecule has 2 rings (SSSR count). The minimum absolute atomic E-state index is 0.0969. The smallest absolute Gasteiger partial charge is 0.262 e. The molecular weight excluding hydrogens is 370 g/mol. The van der Waals surface area contributed by atoms with Gasteiger partial charge in [0, 0.05) is 18.2 Å². The molecule has 132 valence electrons. The summed E-state index contributed by atoms with van der Waals surface area (Å²) in [7, 11) is 0. The van der Waals surface area contributed by atoms with Crippen LogP contribution in [0, 0.1) is 5.82 Å². The molecule has 2 aromatic carbocycles. The highest BCUT2D eigenvalue weighted by Crippen LogP contribution is 2.26. The number of halogens is 3. The average molecular weight is 385 g/mol. The minimum Gasteiger partial charge on any atom is -0.484 e. The summed E-state index contributed by atoms with van der Waals surface area (Å²) in [5, 5.41) is 5.47. The fourth-order valence-corrected chi connectivity index (χ4v) is 2.19. The minimum atomic E-state index is -0.573. The van der Waals surface area contributed by atoms with Crippen LogP contribution in [0.1, 0.15) is 13.3 Å². The summed E-state index contributed by atoms with van der Waals surface area (Å²) in [6.45, 7) is 1.41. The molecule has 25 heavy (non-hydrogen) atoms. The van der Waals surface area contributed by atoms with E-state index in [0.29, 0.717) is 22.8 Å². The van der Waals surface area contributed by atoms with Gasteiger partial charge in [0.15, 0.2) is 6.61 Å². The van der Waals surface area contributed by atoms with Gasteiger partial charge in [0.1, 0.15) is 11.6 Å². The predicted molar refractivity (Wildman–Crippen MR) is 95.9 cm³/mol. The first kappa shape index (κ1) is 19.0.